The minimum Gasteiger partial charge on any atom is -0.345 e. The molecular weight excluding hydrogens is 420 g/mol. The van der Waals surface area contributed by atoms with Crippen LogP contribution in [-0.4, -0.2) is 58.8 Å². The Labute approximate surface area is 182 Å². The molecule has 2 aromatic heterocycles. The molecule has 1 amide bonds. The molecule has 0 bridgehead atoms. The molecule has 2 aliphatic heterocycles. The second-order valence-corrected chi connectivity index (χ2v) is 11.3. The molecule has 0 aliphatic carbocycles. The van der Waals surface area contributed by atoms with Gasteiger partial charge in [-0.15, -0.1) is 11.3 Å². The first-order valence-electron chi connectivity index (χ1n) is 10.7. The third-order valence-electron chi connectivity index (χ3n) is 6.42. The van der Waals surface area contributed by atoms with Crippen LogP contribution in [0, 0.1) is 13.8 Å². The Bertz CT molecular complexity index is 1060. The second-order valence-electron chi connectivity index (χ2n) is 8.43. The van der Waals surface area contributed by atoms with Gasteiger partial charge in [0.25, 0.3) is 5.91 Å². The number of amides is 1. The monoisotopic (exact) mass is 450 g/mol. The van der Waals surface area contributed by atoms with Crippen LogP contribution in [0.1, 0.15) is 60.1 Å². The maximum atomic E-state index is 13.4. The summed E-state index contributed by atoms with van der Waals surface area (Å²) in [5.41, 5.74) is 2.15. The minimum atomic E-state index is -3.57. The average Bonchev–Trinajstić information content (AvgIpc) is 3.43. The molecule has 0 saturated carbocycles. The SMILES string of the molecule is Cc1nc(-c2cc(S(=O)(=O)N3CCCC[C@@H]3C)c(C)n2C)sc1C(=O)N1CCCC1. The van der Waals surface area contributed by atoms with E-state index < -0.39 is 10.0 Å². The summed E-state index contributed by atoms with van der Waals surface area (Å²) in [7, 11) is -1.71. The summed E-state index contributed by atoms with van der Waals surface area (Å²) in [6.07, 6.45) is 4.95. The molecule has 1 atom stereocenters. The number of rotatable bonds is 4. The quantitative estimate of drug-likeness (QED) is 0.714. The van der Waals surface area contributed by atoms with Gasteiger partial charge in [0, 0.05) is 38.4 Å². The topological polar surface area (TPSA) is 75.5 Å². The van der Waals surface area contributed by atoms with E-state index in [1.807, 2.05) is 37.3 Å². The summed E-state index contributed by atoms with van der Waals surface area (Å²) in [6.45, 7) is 7.83. The van der Waals surface area contributed by atoms with E-state index in [2.05, 4.69) is 4.98 Å². The molecule has 2 fully saturated rings. The fourth-order valence-electron chi connectivity index (χ4n) is 4.46. The highest BCUT2D eigenvalue weighted by Crippen LogP contribution is 2.35. The van der Waals surface area contributed by atoms with Crippen molar-refractivity contribution in [2.24, 2.45) is 7.05 Å². The van der Waals surface area contributed by atoms with E-state index in [-0.39, 0.29) is 11.9 Å². The molecular formula is C21H30N4O3S2. The third-order valence-corrected chi connectivity index (χ3v) is 9.72. The van der Waals surface area contributed by atoms with Crippen LogP contribution >= 0.6 is 11.3 Å². The number of piperidine rings is 1. The molecule has 4 rings (SSSR count). The van der Waals surface area contributed by atoms with Crippen LogP contribution < -0.4 is 0 Å². The summed E-state index contributed by atoms with van der Waals surface area (Å²) in [4.78, 5) is 20.4. The molecule has 0 unspecified atom stereocenters. The zero-order chi connectivity index (χ0) is 21.6. The average molecular weight is 451 g/mol. The molecule has 4 heterocycles. The number of hydrogen-bond acceptors (Lipinski definition) is 5. The summed E-state index contributed by atoms with van der Waals surface area (Å²) in [5, 5.41) is 0.689. The fraction of sp³-hybridized carbons (Fsp3) is 0.619. The summed E-state index contributed by atoms with van der Waals surface area (Å²) in [5.74, 6) is 0.0367. The first-order valence-corrected chi connectivity index (χ1v) is 12.9. The predicted molar refractivity (Wildman–Crippen MR) is 118 cm³/mol. The van der Waals surface area contributed by atoms with E-state index in [9.17, 15) is 13.2 Å². The smallest absolute Gasteiger partial charge is 0.265 e. The lowest BCUT2D eigenvalue weighted by atomic mass is 10.1. The van der Waals surface area contributed by atoms with E-state index >= 15 is 0 Å². The van der Waals surface area contributed by atoms with E-state index in [4.69, 9.17) is 0 Å². The Morgan fingerprint density at radius 1 is 1.13 bits per heavy atom. The Kier molecular flexibility index (Phi) is 5.80. The molecule has 2 aromatic rings. The van der Waals surface area contributed by atoms with Crippen molar-refractivity contribution in [2.75, 3.05) is 19.6 Å². The highest BCUT2D eigenvalue weighted by Gasteiger charge is 2.34. The fourth-order valence-corrected chi connectivity index (χ4v) is 7.52. The molecule has 30 heavy (non-hydrogen) atoms. The lowest BCUT2D eigenvalue weighted by molar-refractivity contribution is 0.0796. The Morgan fingerprint density at radius 3 is 2.47 bits per heavy atom. The van der Waals surface area contributed by atoms with Crippen molar-refractivity contribution < 1.29 is 13.2 Å². The van der Waals surface area contributed by atoms with Gasteiger partial charge in [0.1, 0.15) is 14.8 Å². The highest BCUT2D eigenvalue weighted by atomic mass is 32.2. The van der Waals surface area contributed by atoms with Gasteiger partial charge in [0.2, 0.25) is 10.0 Å². The van der Waals surface area contributed by atoms with Crippen molar-refractivity contribution in [3.63, 3.8) is 0 Å². The zero-order valence-electron chi connectivity index (χ0n) is 18.1. The Balaban J connectivity index is 1.70. The van der Waals surface area contributed by atoms with Gasteiger partial charge in [-0.2, -0.15) is 4.31 Å². The number of likely N-dealkylation sites (tertiary alicyclic amines) is 1. The van der Waals surface area contributed by atoms with Crippen molar-refractivity contribution >= 4 is 27.3 Å². The second kappa shape index (κ2) is 8.09. The van der Waals surface area contributed by atoms with Gasteiger partial charge in [0.15, 0.2) is 0 Å². The molecule has 0 N–H and O–H groups in total. The summed E-state index contributed by atoms with van der Waals surface area (Å²) in [6, 6.07) is 1.74. The Hall–Kier alpha value is -1.71. The highest BCUT2D eigenvalue weighted by molar-refractivity contribution is 7.89. The first-order chi connectivity index (χ1) is 14.2. The summed E-state index contributed by atoms with van der Waals surface area (Å²) >= 11 is 1.36. The van der Waals surface area contributed by atoms with Gasteiger partial charge in [-0.1, -0.05) is 6.42 Å². The minimum absolute atomic E-state index is 0.0126. The molecule has 0 aromatic carbocycles. The van der Waals surface area contributed by atoms with Crippen LogP contribution in [0.2, 0.25) is 0 Å². The molecule has 2 saturated heterocycles. The van der Waals surface area contributed by atoms with E-state index in [1.54, 1.807) is 10.4 Å². The van der Waals surface area contributed by atoms with Gasteiger partial charge in [0.05, 0.1) is 11.4 Å². The van der Waals surface area contributed by atoms with Crippen molar-refractivity contribution in [1.82, 2.24) is 18.8 Å². The predicted octanol–water partition coefficient (Wildman–Crippen LogP) is 3.56. The molecule has 0 spiro atoms. The van der Waals surface area contributed by atoms with E-state index in [1.165, 1.54) is 11.3 Å². The number of carbonyl (C=O) groups is 1. The lowest BCUT2D eigenvalue weighted by Gasteiger charge is -2.32. The normalized spacial score (nSPS) is 20.8. The van der Waals surface area contributed by atoms with Crippen LogP contribution in [0.15, 0.2) is 11.0 Å². The van der Waals surface area contributed by atoms with Crippen LogP contribution in [0.3, 0.4) is 0 Å². The van der Waals surface area contributed by atoms with Gasteiger partial charge in [-0.3, -0.25) is 4.79 Å². The number of hydrogen-bond donors (Lipinski definition) is 0. The number of aromatic nitrogens is 2. The maximum Gasteiger partial charge on any atom is 0.265 e. The van der Waals surface area contributed by atoms with Crippen molar-refractivity contribution in [1.29, 1.82) is 0 Å². The maximum absolute atomic E-state index is 13.4. The third kappa shape index (κ3) is 3.61. The van der Waals surface area contributed by atoms with Crippen LogP contribution in [0.4, 0.5) is 0 Å². The van der Waals surface area contributed by atoms with Gasteiger partial charge in [-0.05, 0) is 52.5 Å². The largest absolute Gasteiger partial charge is 0.345 e. The number of nitrogens with zero attached hydrogens (tertiary/aromatic N) is 4. The molecule has 2 aliphatic rings. The van der Waals surface area contributed by atoms with Crippen LogP contribution in [0.25, 0.3) is 10.7 Å². The number of sulfonamides is 1. The first kappa shape index (κ1) is 21.5. The Morgan fingerprint density at radius 2 is 1.80 bits per heavy atom. The molecule has 9 heteroatoms. The zero-order valence-corrected chi connectivity index (χ0v) is 19.8. The van der Waals surface area contributed by atoms with Crippen molar-refractivity contribution in [3.8, 4) is 10.7 Å². The van der Waals surface area contributed by atoms with Crippen LogP contribution in [-0.2, 0) is 17.1 Å². The van der Waals surface area contributed by atoms with Gasteiger partial charge < -0.3 is 9.47 Å². The van der Waals surface area contributed by atoms with Gasteiger partial charge >= 0.3 is 0 Å². The van der Waals surface area contributed by atoms with Crippen molar-refractivity contribution in [2.45, 2.75) is 63.8 Å². The van der Waals surface area contributed by atoms with E-state index in [0.717, 1.165) is 50.9 Å². The number of aryl methyl sites for hydroxylation is 1. The summed E-state index contributed by atoms with van der Waals surface area (Å²) < 4.78 is 30.3. The lowest BCUT2D eigenvalue weighted by Crippen LogP contribution is -2.42. The van der Waals surface area contributed by atoms with Crippen molar-refractivity contribution in [3.05, 3.63) is 22.3 Å². The molecule has 7 nitrogen and oxygen atoms in total. The van der Waals surface area contributed by atoms with Gasteiger partial charge in [-0.25, -0.2) is 13.4 Å². The molecule has 164 valence electrons. The van der Waals surface area contributed by atoms with E-state index in [0.29, 0.717) is 32.7 Å². The number of carbonyl (C=O) groups excluding carboxylic acids is 1. The molecule has 0 radical (unpaired) electrons. The number of thiazole rings is 1. The van der Waals surface area contributed by atoms with Crippen LogP contribution in [0.5, 0.6) is 0 Å². The standard InChI is InChI=1S/C21H30N4O3S2/c1-14-9-5-6-12-25(14)30(27,28)18-13-17(23(4)16(18)3)20-22-15(2)19(29-20)21(26)24-10-7-8-11-24/h13-14H,5-12H2,1-4H3/t14-/m0/s1.